The first kappa shape index (κ1) is 18.9. The maximum Gasteiger partial charge on any atom is 0.230 e. The molecule has 6 nitrogen and oxygen atoms in total. The summed E-state index contributed by atoms with van der Waals surface area (Å²) in [6.07, 6.45) is 3.23. The highest BCUT2D eigenvalue weighted by atomic mass is 32.1. The highest BCUT2D eigenvalue weighted by Gasteiger charge is 2.11. The summed E-state index contributed by atoms with van der Waals surface area (Å²) in [6, 6.07) is 15.3. The summed E-state index contributed by atoms with van der Waals surface area (Å²) in [5.74, 6) is 1.36. The highest BCUT2D eigenvalue weighted by molar-refractivity contribution is 7.13. The van der Waals surface area contributed by atoms with E-state index >= 15 is 0 Å². The molecule has 2 aromatic carbocycles. The largest absolute Gasteiger partial charge is 0.494 e. The van der Waals surface area contributed by atoms with E-state index in [2.05, 4.69) is 15.3 Å². The predicted molar refractivity (Wildman–Crippen MR) is 113 cm³/mol. The fourth-order valence-electron chi connectivity index (χ4n) is 2.86. The highest BCUT2D eigenvalue weighted by Crippen LogP contribution is 2.26. The zero-order valence-corrected chi connectivity index (χ0v) is 16.6. The second kappa shape index (κ2) is 8.70. The Morgan fingerprint density at radius 3 is 2.79 bits per heavy atom. The number of benzene rings is 2. The van der Waals surface area contributed by atoms with E-state index in [4.69, 9.17) is 9.15 Å². The van der Waals surface area contributed by atoms with Crippen molar-refractivity contribution in [3.63, 3.8) is 0 Å². The van der Waals surface area contributed by atoms with Crippen LogP contribution in [0.4, 0.5) is 5.69 Å². The number of anilines is 1. The maximum absolute atomic E-state index is 12.4. The summed E-state index contributed by atoms with van der Waals surface area (Å²) >= 11 is 1.52. The molecule has 0 spiro atoms. The minimum absolute atomic E-state index is 0.122. The number of nitrogens with zero attached hydrogens (tertiary/aromatic N) is 2. The number of rotatable bonds is 7. The summed E-state index contributed by atoms with van der Waals surface area (Å²) in [5, 5.41) is 5.70. The predicted octanol–water partition coefficient (Wildman–Crippen LogP) is 5.05. The van der Waals surface area contributed by atoms with E-state index in [1.54, 1.807) is 6.20 Å². The molecule has 0 unspecified atom stereocenters. The Morgan fingerprint density at radius 1 is 1.17 bits per heavy atom. The van der Waals surface area contributed by atoms with E-state index in [0.29, 0.717) is 18.1 Å². The average molecular weight is 405 g/mol. The number of hydrogen-bond acceptors (Lipinski definition) is 6. The molecular weight excluding hydrogens is 386 g/mol. The van der Waals surface area contributed by atoms with E-state index < -0.39 is 0 Å². The van der Waals surface area contributed by atoms with Gasteiger partial charge < -0.3 is 14.5 Å². The van der Waals surface area contributed by atoms with E-state index in [0.717, 1.165) is 27.6 Å². The lowest BCUT2D eigenvalue weighted by Gasteiger charge is -2.05. The van der Waals surface area contributed by atoms with Gasteiger partial charge in [-0.05, 0) is 43.3 Å². The Hall–Kier alpha value is -3.45. The van der Waals surface area contributed by atoms with Crippen LogP contribution < -0.4 is 10.1 Å². The molecule has 4 rings (SSSR count). The summed E-state index contributed by atoms with van der Waals surface area (Å²) in [5.41, 5.74) is 3.30. The standard InChI is InChI=1S/C22H19N3O3S/c1-2-27-19-8-6-15(7-9-19)22-25-18(13-29-22)11-21(26)24-17-5-3-4-16(10-17)20-12-23-14-28-20/h3-10,12-14H,2,11H2,1H3,(H,24,26). The van der Waals surface area contributed by atoms with Crippen LogP contribution in [0.2, 0.25) is 0 Å². The molecule has 0 aliphatic heterocycles. The van der Waals surface area contributed by atoms with Gasteiger partial charge in [0.15, 0.2) is 12.2 Å². The number of oxazole rings is 1. The minimum atomic E-state index is -0.122. The molecule has 0 radical (unpaired) electrons. The lowest BCUT2D eigenvalue weighted by Crippen LogP contribution is -2.14. The van der Waals surface area contributed by atoms with Crippen molar-refractivity contribution in [1.82, 2.24) is 9.97 Å². The third-order valence-electron chi connectivity index (χ3n) is 4.17. The zero-order chi connectivity index (χ0) is 20.1. The molecule has 1 amide bonds. The first-order valence-electron chi connectivity index (χ1n) is 9.17. The molecular formula is C22H19N3O3S. The molecule has 2 heterocycles. The van der Waals surface area contributed by atoms with Crippen molar-refractivity contribution in [2.45, 2.75) is 13.3 Å². The fourth-order valence-corrected chi connectivity index (χ4v) is 3.69. The van der Waals surface area contributed by atoms with Gasteiger partial charge in [-0.2, -0.15) is 0 Å². The van der Waals surface area contributed by atoms with E-state index in [9.17, 15) is 4.79 Å². The quantitative estimate of drug-likeness (QED) is 0.466. The van der Waals surface area contributed by atoms with Gasteiger partial charge in [0.25, 0.3) is 0 Å². The molecule has 146 valence electrons. The fraction of sp³-hybridized carbons (Fsp3) is 0.136. The first-order chi connectivity index (χ1) is 14.2. The molecule has 7 heteroatoms. The lowest BCUT2D eigenvalue weighted by molar-refractivity contribution is -0.115. The van der Waals surface area contributed by atoms with Gasteiger partial charge in [0.05, 0.1) is 24.9 Å². The van der Waals surface area contributed by atoms with Crippen LogP contribution in [0.25, 0.3) is 21.9 Å². The smallest absolute Gasteiger partial charge is 0.230 e. The molecule has 0 saturated carbocycles. The summed E-state index contributed by atoms with van der Waals surface area (Å²) in [7, 11) is 0. The van der Waals surface area contributed by atoms with Crippen LogP contribution >= 0.6 is 11.3 Å². The molecule has 29 heavy (non-hydrogen) atoms. The number of nitrogens with one attached hydrogen (secondary N) is 1. The Balaban J connectivity index is 1.40. The summed E-state index contributed by atoms with van der Waals surface area (Å²) < 4.78 is 10.8. The SMILES string of the molecule is CCOc1ccc(-c2nc(CC(=O)Nc3cccc(-c4cnco4)c3)cs2)cc1. The van der Waals surface area contributed by atoms with Crippen molar-refractivity contribution in [2.24, 2.45) is 0 Å². The van der Waals surface area contributed by atoms with Crippen LogP contribution in [0.5, 0.6) is 5.75 Å². The molecule has 0 bridgehead atoms. The Morgan fingerprint density at radius 2 is 2.03 bits per heavy atom. The maximum atomic E-state index is 12.4. The number of hydrogen-bond donors (Lipinski definition) is 1. The number of carbonyl (C=O) groups is 1. The van der Waals surface area contributed by atoms with E-state index in [1.807, 2.05) is 60.8 Å². The lowest BCUT2D eigenvalue weighted by atomic mass is 10.1. The topological polar surface area (TPSA) is 77.2 Å². The molecule has 1 N–H and O–H groups in total. The summed E-state index contributed by atoms with van der Waals surface area (Å²) in [4.78, 5) is 21.0. The molecule has 0 saturated heterocycles. The van der Waals surface area contributed by atoms with E-state index in [1.165, 1.54) is 17.7 Å². The number of thiazole rings is 1. The second-order valence-corrected chi connectivity index (χ2v) is 7.13. The molecule has 0 atom stereocenters. The third-order valence-corrected chi connectivity index (χ3v) is 5.11. The number of aromatic nitrogens is 2. The van der Waals surface area contributed by atoms with Crippen LogP contribution in [-0.4, -0.2) is 22.5 Å². The summed E-state index contributed by atoms with van der Waals surface area (Å²) in [6.45, 7) is 2.59. The Kier molecular flexibility index (Phi) is 5.67. The average Bonchev–Trinajstić information content (AvgIpc) is 3.41. The van der Waals surface area contributed by atoms with Crippen LogP contribution in [0.1, 0.15) is 12.6 Å². The van der Waals surface area contributed by atoms with Gasteiger partial charge in [0.2, 0.25) is 5.91 Å². The number of ether oxygens (including phenoxy) is 1. The normalized spacial score (nSPS) is 10.7. The van der Waals surface area contributed by atoms with Crippen molar-refractivity contribution in [2.75, 3.05) is 11.9 Å². The van der Waals surface area contributed by atoms with Crippen LogP contribution in [0.15, 0.2) is 70.9 Å². The zero-order valence-electron chi connectivity index (χ0n) is 15.8. The van der Waals surface area contributed by atoms with Crippen LogP contribution in [-0.2, 0) is 11.2 Å². The number of amides is 1. The monoisotopic (exact) mass is 405 g/mol. The van der Waals surface area contributed by atoms with Crippen molar-refractivity contribution >= 4 is 22.9 Å². The Bertz CT molecular complexity index is 1090. The van der Waals surface area contributed by atoms with Gasteiger partial charge in [-0.3, -0.25) is 4.79 Å². The molecule has 2 aromatic heterocycles. The van der Waals surface area contributed by atoms with Gasteiger partial charge in [0, 0.05) is 22.2 Å². The molecule has 0 fully saturated rings. The van der Waals surface area contributed by atoms with Crippen molar-refractivity contribution in [3.8, 4) is 27.6 Å². The van der Waals surface area contributed by atoms with Crippen LogP contribution in [0.3, 0.4) is 0 Å². The molecule has 4 aromatic rings. The minimum Gasteiger partial charge on any atom is -0.494 e. The van der Waals surface area contributed by atoms with E-state index in [-0.39, 0.29) is 12.3 Å². The van der Waals surface area contributed by atoms with Gasteiger partial charge in [0.1, 0.15) is 10.8 Å². The van der Waals surface area contributed by atoms with Gasteiger partial charge in [-0.15, -0.1) is 11.3 Å². The first-order valence-corrected chi connectivity index (χ1v) is 10.1. The van der Waals surface area contributed by atoms with Crippen molar-refractivity contribution < 1.29 is 13.9 Å². The third kappa shape index (κ3) is 4.70. The van der Waals surface area contributed by atoms with Gasteiger partial charge in [-0.25, -0.2) is 9.97 Å². The number of carbonyl (C=O) groups excluding carboxylic acids is 1. The van der Waals surface area contributed by atoms with Gasteiger partial charge >= 0.3 is 0 Å². The molecule has 0 aliphatic rings. The second-order valence-electron chi connectivity index (χ2n) is 6.27. The van der Waals surface area contributed by atoms with Crippen molar-refractivity contribution in [3.05, 3.63) is 72.2 Å². The molecule has 0 aliphatic carbocycles. The van der Waals surface area contributed by atoms with Crippen molar-refractivity contribution in [1.29, 1.82) is 0 Å². The van der Waals surface area contributed by atoms with Crippen LogP contribution in [0, 0.1) is 0 Å². The Labute approximate surface area is 172 Å². The van der Waals surface area contributed by atoms with Gasteiger partial charge in [-0.1, -0.05) is 12.1 Å².